The van der Waals surface area contributed by atoms with Gasteiger partial charge in [-0.25, -0.2) is 8.42 Å². The highest BCUT2D eigenvalue weighted by Gasteiger charge is 2.34. The van der Waals surface area contributed by atoms with E-state index in [0.29, 0.717) is 15.7 Å². The molecule has 10 heteroatoms. The molecule has 0 heterocycles. The predicted octanol–water partition coefficient (Wildman–Crippen LogP) is 5.31. The average molecular weight is 591 g/mol. The van der Waals surface area contributed by atoms with Crippen LogP contribution in [-0.2, 0) is 32.6 Å². The first-order valence-corrected chi connectivity index (χ1v) is 15.0. The van der Waals surface area contributed by atoms with Crippen LogP contribution in [0.3, 0.4) is 0 Å². The van der Waals surface area contributed by atoms with Crippen molar-refractivity contribution in [3.63, 3.8) is 0 Å². The van der Waals surface area contributed by atoms with Crippen molar-refractivity contribution in [1.82, 2.24) is 10.2 Å². The predicted molar refractivity (Wildman–Crippen MR) is 157 cm³/mol. The van der Waals surface area contributed by atoms with E-state index in [-0.39, 0.29) is 18.9 Å². The lowest BCUT2D eigenvalue weighted by atomic mass is 10.0. The van der Waals surface area contributed by atoms with E-state index in [2.05, 4.69) is 5.32 Å². The Morgan fingerprint density at radius 3 is 1.90 bits per heavy atom. The lowest BCUT2D eigenvalue weighted by Crippen LogP contribution is -2.56. The zero-order valence-electron chi connectivity index (χ0n) is 22.4. The van der Waals surface area contributed by atoms with Gasteiger partial charge in [0.15, 0.2) is 0 Å². The first-order valence-electron chi connectivity index (χ1n) is 12.4. The molecule has 0 radical (unpaired) electrons. The van der Waals surface area contributed by atoms with Crippen LogP contribution in [-0.4, -0.2) is 49.5 Å². The highest BCUT2D eigenvalue weighted by Crippen LogP contribution is 2.23. The lowest BCUT2D eigenvalue weighted by molar-refractivity contribution is -0.140. The van der Waals surface area contributed by atoms with E-state index in [1.807, 2.05) is 51.1 Å². The molecule has 0 unspecified atom stereocenters. The molecule has 208 valence electrons. The van der Waals surface area contributed by atoms with Crippen LogP contribution in [0.4, 0.5) is 5.69 Å². The van der Waals surface area contributed by atoms with Crippen LogP contribution in [0.25, 0.3) is 0 Å². The number of carbonyl (C=O) groups excluding carboxylic acids is 2. The molecule has 1 atom stereocenters. The molecule has 3 aromatic rings. The number of anilines is 1. The molecule has 2 amide bonds. The molecule has 7 nitrogen and oxygen atoms in total. The molecule has 1 N–H and O–H groups in total. The van der Waals surface area contributed by atoms with Crippen molar-refractivity contribution in [2.75, 3.05) is 17.1 Å². The second-order valence-corrected chi connectivity index (χ2v) is 13.1. The van der Waals surface area contributed by atoms with E-state index >= 15 is 0 Å². The van der Waals surface area contributed by atoms with Crippen molar-refractivity contribution in [3.05, 3.63) is 100 Å². The summed E-state index contributed by atoms with van der Waals surface area (Å²) in [6.45, 7) is 5.16. The topological polar surface area (TPSA) is 86.8 Å². The number of amides is 2. The van der Waals surface area contributed by atoms with Crippen molar-refractivity contribution >= 4 is 50.7 Å². The third-order valence-electron chi connectivity index (χ3n) is 5.83. The second kappa shape index (κ2) is 12.9. The number of nitrogens with zero attached hydrogens (tertiary/aromatic N) is 2. The zero-order valence-corrected chi connectivity index (χ0v) is 24.7. The molecular formula is C29H33Cl2N3O4S. The van der Waals surface area contributed by atoms with Crippen molar-refractivity contribution < 1.29 is 18.0 Å². The highest BCUT2D eigenvalue weighted by atomic mass is 35.5. The first-order chi connectivity index (χ1) is 18.2. The van der Waals surface area contributed by atoms with E-state index in [9.17, 15) is 18.0 Å². The van der Waals surface area contributed by atoms with Gasteiger partial charge in [0.1, 0.15) is 12.6 Å². The number of nitrogens with one attached hydrogen (secondary N) is 1. The summed E-state index contributed by atoms with van der Waals surface area (Å²) in [5, 5.41) is 3.96. The molecule has 0 bridgehead atoms. The van der Waals surface area contributed by atoms with Gasteiger partial charge in [-0.2, -0.15) is 0 Å². The van der Waals surface area contributed by atoms with E-state index in [0.717, 1.165) is 21.7 Å². The van der Waals surface area contributed by atoms with Crippen LogP contribution in [0.5, 0.6) is 0 Å². The number of halogens is 2. The molecule has 0 spiro atoms. The van der Waals surface area contributed by atoms with Crippen LogP contribution < -0.4 is 9.62 Å². The van der Waals surface area contributed by atoms with Crippen LogP contribution >= 0.6 is 23.2 Å². The van der Waals surface area contributed by atoms with Gasteiger partial charge in [-0.15, -0.1) is 0 Å². The summed E-state index contributed by atoms with van der Waals surface area (Å²) in [7, 11) is -3.85. The molecule has 0 aliphatic carbocycles. The van der Waals surface area contributed by atoms with Gasteiger partial charge in [0.2, 0.25) is 21.8 Å². The molecule has 39 heavy (non-hydrogen) atoms. The van der Waals surface area contributed by atoms with Crippen molar-refractivity contribution in [3.8, 4) is 0 Å². The molecule has 0 aromatic heterocycles. The monoisotopic (exact) mass is 589 g/mol. The highest BCUT2D eigenvalue weighted by molar-refractivity contribution is 7.92. The fourth-order valence-electron chi connectivity index (χ4n) is 4.01. The van der Waals surface area contributed by atoms with Gasteiger partial charge in [0.25, 0.3) is 0 Å². The number of sulfonamides is 1. The molecule has 0 saturated carbocycles. The standard InChI is InChI=1S/C29H33Cl2N3O4S/c1-29(2,3)32-28(36)26(18-21-8-6-5-7-9-21)33(19-22-10-12-23(30)13-11-22)27(35)20-34(39(4,37)38)25-16-14-24(31)15-17-25/h5-17,26H,18-20H2,1-4H3,(H,32,36)/t26-/m0/s1. The maximum absolute atomic E-state index is 14.0. The van der Waals surface area contributed by atoms with Crippen LogP contribution in [0.15, 0.2) is 78.9 Å². The molecule has 3 aromatic carbocycles. The van der Waals surface area contributed by atoms with Crippen molar-refractivity contribution in [1.29, 1.82) is 0 Å². The number of rotatable bonds is 10. The molecule has 0 aliphatic rings. The van der Waals surface area contributed by atoms with E-state index in [1.54, 1.807) is 36.4 Å². The second-order valence-electron chi connectivity index (χ2n) is 10.3. The largest absolute Gasteiger partial charge is 0.350 e. The van der Waals surface area contributed by atoms with E-state index in [1.165, 1.54) is 17.0 Å². The maximum Gasteiger partial charge on any atom is 0.244 e. The molecule has 0 aliphatic heterocycles. The van der Waals surface area contributed by atoms with Gasteiger partial charge in [-0.05, 0) is 68.3 Å². The summed E-state index contributed by atoms with van der Waals surface area (Å²) in [5.41, 5.74) is 1.34. The molecule has 0 fully saturated rings. The van der Waals surface area contributed by atoms with E-state index in [4.69, 9.17) is 23.2 Å². The Kier molecular flexibility index (Phi) is 10.0. The summed E-state index contributed by atoms with van der Waals surface area (Å²) in [6.07, 6.45) is 1.27. The Morgan fingerprint density at radius 1 is 0.846 bits per heavy atom. The minimum Gasteiger partial charge on any atom is -0.350 e. The maximum atomic E-state index is 14.0. The van der Waals surface area contributed by atoms with Crippen molar-refractivity contribution in [2.45, 2.75) is 45.3 Å². The Morgan fingerprint density at radius 2 is 1.38 bits per heavy atom. The average Bonchev–Trinajstić information content (AvgIpc) is 2.85. The minimum absolute atomic E-state index is 0.0727. The Labute approximate surface area is 240 Å². The summed E-state index contributed by atoms with van der Waals surface area (Å²) in [4.78, 5) is 29.1. The zero-order chi connectivity index (χ0) is 28.8. The SMILES string of the molecule is CC(C)(C)NC(=O)[C@H](Cc1ccccc1)N(Cc1ccc(Cl)cc1)C(=O)CN(c1ccc(Cl)cc1)S(C)(=O)=O. The Hall–Kier alpha value is -3.07. The third-order valence-corrected chi connectivity index (χ3v) is 7.47. The van der Waals surface area contributed by atoms with Crippen molar-refractivity contribution in [2.24, 2.45) is 0 Å². The summed E-state index contributed by atoms with van der Waals surface area (Å²) in [5.74, 6) is -0.874. The number of hydrogen-bond acceptors (Lipinski definition) is 4. The normalized spacial score (nSPS) is 12.5. The molecule has 3 rings (SSSR count). The quantitative estimate of drug-likeness (QED) is 0.347. The van der Waals surface area contributed by atoms with Gasteiger partial charge in [-0.1, -0.05) is 65.7 Å². The van der Waals surface area contributed by atoms with Gasteiger partial charge in [-0.3, -0.25) is 13.9 Å². The minimum atomic E-state index is -3.85. The Balaban J connectivity index is 2.06. The lowest BCUT2D eigenvalue weighted by Gasteiger charge is -2.35. The summed E-state index contributed by atoms with van der Waals surface area (Å²) >= 11 is 12.1. The first kappa shape index (κ1) is 30.5. The molecular weight excluding hydrogens is 557 g/mol. The van der Waals surface area contributed by atoms with Gasteiger partial charge < -0.3 is 10.2 Å². The van der Waals surface area contributed by atoms with Crippen LogP contribution in [0.2, 0.25) is 10.0 Å². The summed E-state index contributed by atoms with van der Waals surface area (Å²) in [6, 6.07) is 21.6. The fourth-order valence-corrected chi connectivity index (χ4v) is 5.12. The number of carbonyl (C=O) groups is 2. The Bertz CT molecular complexity index is 1370. The molecule has 0 saturated heterocycles. The van der Waals surface area contributed by atoms with Gasteiger partial charge >= 0.3 is 0 Å². The number of benzene rings is 3. The van der Waals surface area contributed by atoms with Gasteiger partial charge in [0.05, 0.1) is 11.9 Å². The summed E-state index contributed by atoms with van der Waals surface area (Å²) < 4.78 is 26.6. The van der Waals surface area contributed by atoms with Crippen LogP contribution in [0, 0.1) is 0 Å². The fraction of sp³-hybridized carbons (Fsp3) is 0.310. The number of hydrogen-bond donors (Lipinski definition) is 1. The van der Waals surface area contributed by atoms with Crippen LogP contribution in [0.1, 0.15) is 31.9 Å². The van der Waals surface area contributed by atoms with E-state index < -0.39 is 34.1 Å². The smallest absolute Gasteiger partial charge is 0.244 e. The third kappa shape index (κ3) is 9.27. The van der Waals surface area contributed by atoms with Gasteiger partial charge in [0, 0.05) is 28.5 Å².